The minimum atomic E-state index is -3.50. The average molecular weight is 367 g/mol. The number of sulfonamides is 1. The summed E-state index contributed by atoms with van der Waals surface area (Å²) in [6.45, 7) is 8.66. The zero-order chi connectivity index (χ0) is 14.6. The van der Waals surface area contributed by atoms with E-state index in [1.54, 1.807) is 6.07 Å². The van der Waals surface area contributed by atoms with Gasteiger partial charge in [0, 0.05) is 17.5 Å². The van der Waals surface area contributed by atoms with E-state index in [9.17, 15) is 8.42 Å². The Bertz CT molecular complexity index is 591. The van der Waals surface area contributed by atoms with Crippen molar-refractivity contribution in [3.63, 3.8) is 0 Å². The van der Waals surface area contributed by atoms with Crippen LogP contribution in [0.2, 0.25) is 0 Å². The van der Waals surface area contributed by atoms with Crippen LogP contribution in [0.5, 0.6) is 0 Å². The minimum Gasteiger partial charge on any atom is -0.326 e. The van der Waals surface area contributed by atoms with Crippen molar-refractivity contribution >= 4 is 37.3 Å². The summed E-state index contributed by atoms with van der Waals surface area (Å²) in [6, 6.07) is 1.59. The van der Waals surface area contributed by atoms with Gasteiger partial charge >= 0.3 is 0 Å². The monoisotopic (exact) mass is 366 g/mol. The van der Waals surface area contributed by atoms with Gasteiger partial charge in [-0.2, -0.15) is 0 Å². The van der Waals surface area contributed by atoms with Crippen LogP contribution in [0.1, 0.15) is 32.6 Å². The van der Waals surface area contributed by atoms with Gasteiger partial charge in [-0.05, 0) is 32.8 Å². The number of nitrogens with one attached hydrogen (secondary N) is 1. The maximum absolute atomic E-state index is 12.4. The number of nitrogens with two attached hydrogens (primary N) is 1. The van der Waals surface area contributed by atoms with Crippen LogP contribution in [0, 0.1) is 10.8 Å². The van der Waals surface area contributed by atoms with Crippen molar-refractivity contribution < 1.29 is 8.42 Å². The lowest BCUT2D eigenvalue weighted by Crippen LogP contribution is -2.29. The van der Waals surface area contributed by atoms with Gasteiger partial charge in [0.05, 0.1) is 3.79 Å². The fraction of sp³-hybridized carbons (Fsp3) is 0.667. The molecule has 108 valence electrons. The third kappa shape index (κ3) is 2.40. The van der Waals surface area contributed by atoms with E-state index in [2.05, 4.69) is 48.3 Å². The van der Waals surface area contributed by atoms with Gasteiger partial charge in [-0.1, -0.05) is 27.7 Å². The molecule has 4 nitrogen and oxygen atoms in total. The molecule has 0 bridgehead atoms. The first-order chi connectivity index (χ1) is 8.54. The first-order valence-corrected chi connectivity index (χ1v) is 9.14. The molecule has 1 aromatic rings. The van der Waals surface area contributed by atoms with Crippen LogP contribution in [-0.4, -0.2) is 14.5 Å². The lowest BCUT2D eigenvalue weighted by atomic mass is 10.0. The van der Waals surface area contributed by atoms with Gasteiger partial charge in [0.15, 0.2) is 0 Å². The predicted octanol–water partition coefficient (Wildman–Crippen LogP) is 2.68. The van der Waals surface area contributed by atoms with E-state index in [1.807, 2.05) is 0 Å². The number of hydrogen-bond donors (Lipinski definition) is 2. The summed E-state index contributed by atoms with van der Waals surface area (Å²) in [6.07, 6.45) is 0. The second-order valence-electron chi connectivity index (χ2n) is 6.05. The molecule has 1 saturated carbocycles. The Labute approximate surface area is 127 Å². The smallest absolute Gasteiger partial charge is 0.242 e. The van der Waals surface area contributed by atoms with Crippen molar-refractivity contribution in [3.05, 3.63) is 14.7 Å². The molecule has 1 heterocycles. The third-order valence-electron chi connectivity index (χ3n) is 4.49. The van der Waals surface area contributed by atoms with Gasteiger partial charge in [0.1, 0.15) is 4.90 Å². The number of rotatable bonds is 4. The van der Waals surface area contributed by atoms with Crippen molar-refractivity contribution in [1.29, 1.82) is 0 Å². The molecule has 19 heavy (non-hydrogen) atoms. The topological polar surface area (TPSA) is 72.2 Å². The molecule has 0 atom stereocenters. The normalized spacial score (nSPS) is 21.6. The lowest BCUT2D eigenvalue weighted by Gasteiger charge is -2.07. The molecule has 1 aliphatic carbocycles. The highest BCUT2D eigenvalue weighted by atomic mass is 79.9. The molecule has 0 spiro atoms. The molecule has 0 aliphatic heterocycles. The highest BCUT2D eigenvalue weighted by molar-refractivity contribution is 9.11. The molecule has 1 aromatic heterocycles. The van der Waals surface area contributed by atoms with Gasteiger partial charge in [-0.25, -0.2) is 13.1 Å². The van der Waals surface area contributed by atoms with E-state index in [4.69, 9.17) is 5.73 Å². The zero-order valence-corrected chi connectivity index (χ0v) is 14.7. The van der Waals surface area contributed by atoms with Crippen molar-refractivity contribution in [1.82, 2.24) is 4.72 Å². The van der Waals surface area contributed by atoms with Crippen molar-refractivity contribution in [2.75, 3.05) is 0 Å². The lowest BCUT2D eigenvalue weighted by molar-refractivity contribution is 0.457. The summed E-state index contributed by atoms with van der Waals surface area (Å²) in [5.74, 6) is 0. The summed E-state index contributed by atoms with van der Waals surface area (Å²) in [7, 11) is -3.50. The van der Waals surface area contributed by atoms with Gasteiger partial charge < -0.3 is 5.73 Å². The predicted molar refractivity (Wildman–Crippen MR) is 81.6 cm³/mol. The van der Waals surface area contributed by atoms with E-state index < -0.39 is 10.0 Å². The Hall–Kier alpha value is 0.0500. The number of halogens is 1. The van der Waals surface area contributed by atoms with Crippen LogP contribution in [0.3, 0.4) is 0 Å². The Morgan fingerprint density at radius 3 is 2.26 bits per heavy atom. The van der Waals surface area contributed by atoms with Crippen molar-refractivity contribution in [2.45, 2.75) is 45.2 Å². The second-order valence-corrected chi connectivity index (χ2v) is 10.2. The van der Waals surface area contributed by atoms with Crippen LogP contribution < -0.4 is 10.5 Å². The van der Waals surface area contributed by atoms with Crippen molar-refractivity contribution in [2.24, 2.45) is 16.6 Å². The van der Waals surface area contributed by atoms with Crippen LogP contribution in [-0.2, 0) is 16.6 Å². The van der Waals surface area contributed by atoms with E-state index >= 15 is 0 Å². The van der Waals surface area contributed by atoms with Crippen LogP contribution in [0.15, 0.2) is 14.7 Å². The molecule has 2 rings (SSSR count). The number of hydrogen-bond acceptors (Lipinski definition) is 4. The molecule has 3 N–H and O–H groups in total. The molecular weight excluding hydrogens is 348 g/mol. The molecule has 0 aromatic carbocycles. The first-order valence-electron chi connectivity index (χ1n) is 6.04. The summed E-state index contributed by atoms with van der Waals surface area (Å²) in [4.78, 5) is 1.14. The average Bonchev–Trinajstić information content (AvgIpc) is 2.66. The third-order valence-corrected chi connectivity index (χ3v) is 8.19. The zero-order valence-electron chi connectivity index (χ0n) is 11.5. The van der Waals surface area contributed by atoms with E-state index in [0.717, 1.165) is 4.88 Å². The largest absolute Gasteiger partial charge is 0.326 e. The molecule has 0 radical (unpaired) electrons. The standard InChI is InChI=1S/C12H19BrN2O2S2/c1-11(2)10(12(11,3)4)15-19(16,17)8-5-7(6-14)18-9(8)13/h5,10,15H,6,14H2,1-4H3. The fourth-order valence-electron chi connectivity index (χ4n) is 2.39. The highest BCUT2D eigenvalue weighted by Gasteiger charge is 2.66. The Balaban J connectivity index is 2.27. The summed E-state index contributed by atoms with van der Waals surface area (Å²) < 4.78 is 28.3. The number of thiophene rings is 1. The SMILES string of the molecule is CC1(C)C(NS(=O)(=O)c2cc(CN)sc2Br)C1(C)C. The van der Waals surface area contributed by atoms with Crippen LogP contribution >= 0.6 is 27.3 Å². The molecule has 0 saturated heterocycles. The first kappa shape index (κ1) is 15.4. The Morgan fingerprint density at radius 2 is 1.89 bits per heavy atom. The summed E-state index contributed by atoms with van der Waals surface area (Å²) >= 11 is 4.67. The summed E-state index contributed by atoms with van der Waals surface area (Å²) in [5.41, 5.74) is 5.49. The molecule has 0 amide bonds. The molecule has 0 unspecified atom stereocenters. The van der Waals surface area contributed by atoms with Gasteiger partial charge in [0.25, 0.3) is 0 Å². The highest BCUT2D eigenvalue weighted by Crippen LogP contribution is 2.63. The Morgan fingerprint density at radius 1 is 1.37 bits per heavy atom. The van der Waals surface area contributed by atoms with Gasteiger partial charge in [-0.3, -0.25) is 0 Å². The Kier molecular flexibility index (Phi) is 3.68. The minimum absolute atomic E-state index is 0.0285. The quantitative estimate of drug-likeness (QED) is 0.860. The van der Waals surface area contributed by atoms with Gasteiger partial charge in [0.2, 0.25) is 10.0 Å². The maximum Gasteiger partial charge on any atom is 0.242 e. The second kappa shape index (κ2) is 4.53. The van der Waals surface area contributed by atoms with Crippen LogP contribution in [0.25, 0.3) is 0 Å². The van der Waals surface area contributed by atoms with E-state index in [0.29, 0.717) is 10.3 Å². The van der Waals surface area contributed by atoms with E-state index in [1.165, 1.54) is 11.3 Å². The molecule has 7 heteroatoms. The molecule has 1 aliphatic rings. The van der Waals surface area contributed by atoms with Gasteiger partial charge in [-0.15, -0.1) is 11.3 Å². The summed E-state index contributed by atoms with van der Waals surface area (Å²) in [5, 5.41) is 0. The van der Waals surface area contributed by atoms with Crippen molar-refractivity contribution in [3.8, 4) is 0 Å². The molecule has 1 fully saturated rings. The molecular formula is C12H19BrN2O2S2. The maximum atomic E-state index is 12.4. The van der Waals surface area contributed by atoms with Crippen LogP contribution in [0.4, 0.5) is 0 Å². The fourth-order valence-corrected chi connectivity index (χ4v) is 6.48. The van der Waals surface area contributed by atoms with E-state index in [-0.39, 0.29) is 21.8 Å².